The molecule has 5 rings (SSSR count). The highest BCUT2D eigenvalue weighted by Crippen LogP contribution is 2.33. The molecule has 2 N–H and O–H groups in total. The van der Waals surface area contributed by atoms with Gasteiger partial charge in [-0.15, -0.1) is 0 Å². The van der Waals surface area contributed by atoms with Gasteiger partial charge in [-0.05, 0) is 47.7 Å². The second kappa shape index (κ2) is 11.3. The van der Waals surface area contributed by atoms with Gasteiger partial charge in [-0.25, -0.2) is 4.79 Å². The van der Waals surface area contributed by atoms with Crippen LogP contribution in [0.1, 0.15) is 35.4 Å². The average molecular weight is 484 g/mol. The zero-order valence-corrected chi connectivity index (χ0v) is 19.9. The summed E-state index contributed by atoms with van der Waals surface area (Å²) in [6.07, 6.45) is -0.682. The molecule has 1 unspecified atom stereocenters. The highest BCUT2D eigenvalue weighted by molar-refractivity contribution is 5.91. The van der Waals surface area contributed by atoms with E-state index in [1.807, 2.05) is 49.4 Å². The van der Waals surface area contributed by atoms with Crippen molar-refractivity contribution >= 4 is 17.9 Å². The maximum Gasteiger partial charge on any atom is 0.412 e. The quantitative estimate of drug-likeness (QED) is 0.378. The molecule has 0 saturated heterocycles. The number of carbonyl (C=O) groups excluding carboxylic acids is 3. The lowest BCUT2D eigenvalue weighted by molar-refractivity contribution is -0.191. The molecular weight excluding hydrogens is 458 g/mol. The average Bonchev–Trinajstić information content (AvgIpc) is 3.51. The number of nitrogens with one attached hydrogen (secondary N) is 2. The summed E-state index contributed by atoms with van der Waals surface area (Å²) in [6, 6.07) is 24.2. The number of anilines is 1. The Labute approximate surface area is 208 Å². The number of carbonyl (C=O) groups is 1. The van der Waals surface area contributed by atoms with Crippen molar-refractivity contribution in [2.45, 2.75) is 33.0 Å². The van der Waals surface area contributed by atoms with Crippen LogP contribution in [0.3, 0.4) is 0 Å². The SMILES string of the molecule is Cc1noc(-c2ccc(-c3ccc4c(c3)CNC4)cc2)c1NC(=O)OC(C)c1ccccc1.O=C=O. The van der Waals surface area contributed by atoms with Gasteiger partial charge in [0, 0.05) is 18.7 Å². The first kappa shape index (κ1) is 24.6. The second-order valence-electron chi connectivity index (χ2n) is 8.30. The highest BCUT2D eigenvalue weighted by Gasteiger charge is 2.20. The van der Waals surface area contributed by atoms with E-state index >= 15 is 0 Å². The smallest absolute Gasteiger partial charge is 0.412 e. The van der Waals surface area contributed by atoms with Crippen LogP contribution in [0.2, 0.25) is 0 Å². The summed E-state index contributed by atoms with van der Waals surface area (Å²) < 4.78 is 11.1. The Morgan fingerprint density at radius 3 is 2.33 bits per heavy atom. The molecule has 0 spiro atoms. The molecule has 0 bridgehead atoms. The molecule has 2 heterocycles. The molecule has 4 aromatic rings. The number of amides is 1. The number of nitrogens with zero attached hydrogens (tertiary/aromatic N) is 1. The third-order valence-electron chi connectivity index (χ3n) is 5.96. The molecule has 8 heteroatoms. The first-order valence-electron chi connectivity index (χ1n) is 11.4. The van der Waals surface area contributed by atoms with Crippen molar-refractivity contribution in [3.63, 3.8) is 0 Å². The highest BCUT2D eigenvalue weighted by atomic mass is 16.6. The van der Waals surface area contributed by atoms with E-state index in [-0.39, 0.29) is 12.3 Å². The van der Waals surface area contributed by atoms with E-state index in [1.165, 1.54) is 16.7 Å². The third kappa shape index (κ3) is 5.58. The topological polar surface area (TPSA) is 111 Å². The summed E-state index contributed by atoms with van der Waals surface area (Å²) in [4.78, 5) is 28.8. The van der Waals surface area contributed by atoms with Crippen LogP contribution in [0.25, 0.3) is 22.5 Å². The van der Waals surface area contributed by atoms with E-state index in [0.717, 1.165) is 29.8 Å². The summed E-state index contributed by atoms with van der Waals surface area (Å²) in [5.74, 6) is 0.501. The van der Waals surface area contributed by atoms with E-state index in [0.29, 0.717) is 17.1 Å². The molecule has 1 aliphatic heterocycles. The predicted molar refractivity (Wildman–Crippen MR) is 133 cm³/mol. The lowest BCUT2D eigenvalue weighted by Crippen LogP contribution is -2.16. The van der Waals surface area contributed by atoms with E-state index in [9.17, 15) is 4.79 Å². The van der Waals surface area contributed by atoms with Crippen molar-refractivity contribution in [2.75, 3.05) is 5.32 Å². The molecule has 8 nitrogen and oxygen atoms in total. The summed E-state index contributed by atoms with van der Waals surface area (Å²) >= 11 is 0. The van der Waals surface area contributed by atoms with Crippen molar-refractivity contribution in [2.24, 2.45) is 0 Å². The molecule has 0 radical (unpaired) electrons. The molecule has 1 atom stereocenters. The summed E-state index contributed by atoms with van der Waals surface area (Å²) in [5, 5.41) is 10.2. The molecule has 1 amide bonds. The van der Waals surface area contributed by atoms with Crippen LogP contribution in [-0.2, 0) is 27.4 Å². The van der Waals surface area contributed by atoms with Crippen LogP contribution in [0.15, 0.2) is 77.3 Å². The Bertz CT molecular complexity index is 1370. The second-order valence-corrected chi connectivity index (χ2v) is 8.30. The first-order valence-corrected chi connectivity index (χ1v) is 11.4. The molecule has 0 aliphatic carbocycles. The van der Waals surface area contributed by atoms with Gasteiger partial charge in [-0.2, -0.15) is 9.59 Å². The van der Waals surface area contributed by atoms with Gasteiger partial charge in [0.15, 0.2) is 5.76 Å². The molecule has 36 heavy (non-hydrogen) atoms. The molecule has 182 valence electrons. The number of benzene rings is 3. The number of hydrogen-bond donors (Lipinski definition) is 2. The number of aryl methyl sites for hydroxylation is 1. The molecule has 0 fully saturated rings. The fraction of sp³-hybridized carbons (Fsp3) is 0.179. The summed E-state index contributed by atoms with van der Waals surface area (Å²) in [5.41, 5.74) is 7.85. The van der Waals surface area contributed by atoms with Crippen LogP contribution in [-0.4, -0.2) is 17.4 Å². The van der Waals surface area contributed by atoms with Crippen molar-refractivity contribution in [3.05, 3.63) is 95.2 Å². The van der Waals surface area contributed by atoms with Gasteiger partial charge in [0.25, 0.3) is 0 Å². The van der Waals surface area contributed by atoms with Crippen molar-refractivity contribution in [3.8, 4) is 22.5 Å². The largest absolute Gasteiger partial charge is 0.441 e. The van der Waals surface area contributed by atoms with Gasteiger partial charge < -0.3 is 14.6 Å². The minimum atomic E-state index is -0.553. The van der Waals surface area contributed by atoms with Crippen molar-refractivity contribution in [1.29, 1.82) is 0 Å². The van der Waals surface area contributed by atoms with E-state index in [4.69, 9.17) is 18.8 Å². The Kier molecular flexibility index (Phi) is 7.70. The monoisotopic (exact) mass is 483 g/mol. The summed E-state index contributed by atoms with van der Waals surface area (Å²) in [7, 11) is 0. The fourth-order valence-corrected chi connectivity index (χ4v) is 4.09. The van der Waals surface area contributed by atoms with Gasteiger partial charge in [-0.1, -0.05) is 71.9 Å². The summed E-state index contributed by atoms with van der Waals surface area (Å²) in [6.45, 7) is 5.47. The van der Waals surface area contributed by atoms with Gasteiger partial charge in [0.2, 0.25) is 0 Å². The number of ether oxygens (including phenoxy) is 1. The zero-order chi connectivity index (χ0) is 25.5. The minimum absolute atomic E-state index is 0.250. The van der Waals surface area contributed by atoms with Crippen LogP contribution >= 0.6 is 0 Å². The zero-order valence-electron chi connectivity index (χ0n) is 19.9. The van der Waals surface area contributed by atoms with E-state index in [1.54, 1.807) is 6.92 Å². The Hall–Kier alpha value is -4.52. The van der Waals surface area contributed by atoms with E-state index < -0.39 is 6.09 Å². The normalized spacial score (nSPS) is 12.5. The van der Waals surface area contributed by atoms with E-state index in [2.05, 4.69) is 46.1 Å². The molecule has 3 aromatic carbocycles. The van der Waals surface area contributed by atoms with Crippen molar-refractivity contribution < 1.29 is 23.6 Å². The van der Waals surface area contributed by atoms with Gasteiger partial charge in [-0.3, -0.25) is 5.32 Å². The lowest BCUT2D eigenvalue weighted by Gasteiger charge is -2.14. The minimum Gasteiger partial charge on any atom is -0.441 e. The maximum absolute atomic E-state index is 12.6. The van der Waals surface area contributed by atoms with Gasteiger partial charge in [0.05, 0.1) is 0 Å². The molecule has 0 saturated carbocycles. The third-order valence-corrected chi connectivity index (χ3v) is 5.96. The molecule has 1 aliphatic rings. The Balaban J connectivity index is 0.000000967. The van der Waals surface area contributed by atoms with Gasteiger partial charge >= 0.3 is 12.2 Å². The van der Waals surface area contributed by atoms with Crippen LogP contribution < -0.4 is 10.6 Å². The maximum atomic E-state index is 12.6. The molecule has 1 aromatic heterocycles. The fourth-order valence-electron chi connectivity index (χ4n) is 4.09. The first-order chi connectivity index (χ1) is 17.5. The van der Waals surface area contributed by atoms with Gasteiger partial charge in [0.1, 0.15) is 17.5 Å². The number of rotatable bonds is 5. The van der Waals surface area contributed by atoms with Crippen molar-refractivity contribution in [1.82, 2.24) is 10.5 Å². The number of hydrogen-bond acceptors (Lipinski definition) is 7. The lowest BCUT2D eigenvalue weighted by atomic mass is 9.99. The predicted octanol–water partition coefficient (Wildman–Crippen LogP) is 5.65. The van der Waals surface area contributed by atoms with Crippen LogP contribution in [0.5, 0.6) is 0 Å². The standard InChI is InChI=1S/C27H25N3O3.CO2/c1-17-25(29-27(31)32-18(2)19-6-4-3-5-7-19)26(33-30-17)21-10-8-20(9-11-21)22-12-13-23-15-28-16-24(23)14-22;2-1-3/h3-14,18,28H,15-16H2,1-2H3,(H,29,31);. The number of aromatic nitrogens is 1. The Morgan fingerprint density at radius 1 is 0.972 bits per heavy atom. The Morgan fingerprint density at radius 2 is 1.61 bits per heavy atom. The molecular formula is C28H25N3O5. The van der Waals surface area contributed by atoms with Crippen LogP contribution in [0.4, 0.5) is 10.5 Å². The number of fused-ring (bicyclic) bond motifs is 1. The van der Waals surface area contributed by atoms with Crippen LogP contribution in [0, 0.1) is 6.92 Å².